The molecule has 9 nitrogen and oxygen atoms in total. The summed E-state index contributed by atoms with van der Waals surface area (Å²) in [6.45, 7) is 0. The first kappa shape index (κ1) is 16.9. The highest BCUT2D eigenvalue weighted by molar-refractivity contribution is 7.89. The van der Waals surface area contributed by atoms with Crippen LogP contribution in [0.1, 0.15) is 0 Å². The summed E-state index contributed by atoms with van der Waals surface area (Å²) in [6, 6.07) is 5.27. The van der Waals surface area contributed by atoms with Gasteiger partial charge in [0.25, 0.3) is 10.0 Å². The van der Waals surface area contributed by atoms with Crippen LogP contribution < -0.4 is 10.6 Å². The third-order valence-electron chi connectivity index (χ3n) is 2.97. The molecule has 0 aliphatic carbocycles. The third kappa shape index (κ3) is 4.06. The molecule has 0 aliphatic heterocycles. The molecule has 0 saturated heterocycles. The van der Waals surface area contributed by atoms with Gasteiger partial charge in [0.2, 0.25) is 0 Å². The lowest BCUT2D eigenvalue weighted by molar-refractivity contribution is -0.0258. The maximum absolute atomic E-state index is 12.0. The van der Waals surface area contributed by atoms with E-state index >= 15 is 0 Å². The van der Waals surface area contributed by atoms with Crippen molar-refractivity contribution in [2.45, 2.75) is 4.90 Å². The van der Waals surface area contributed by atoms with E-state index in [1.54, 1.807) is 17.9 Å². The van der Waals surface area contributed by atoms with Crippen molar-refractivity contribution < 1.29 is 18.0 Å². The number of aromatic nitrogens is 2. The molecule has 1 aromatic carbocycles. The fraction of sp³-hybridized carbons (Fsp3) is 0.231. The Labute approximate surface area is 133 Å². The smallest absolute Gasteiger partial charge is 0.308 e. The number of amides is 2. The van der Waals surface area contributed by atoms with E-state index < -0.39 is 16.1 Å². The van der Waals surface area contributed by atoms with E-state index in [0.717, 1.165) is 4.47 Å². The largest absolute Gasteiger partial charge is 0.323 e. The summed E-state index contributed by atoms with van der Waals surface area (Å²) in [5.41, 5.74) is 0.997. The van der Waals surface area contributed by atoms with Crippen LogP contribution in [-0.4, -0.2) is 42.9 Å². The predicted octanol–water partition coefficient (Wildman–Crippen LogP) is 1.25. The molecule has 1 heterocycles. The molecule has 0 spiro atoms. The number of urea groups is 1. The number of nitrogens with one attached hydrogen (secondary N) is 2. The van der Waals surface area contributed by atoms with Crippen LogP contribution in [0.4, 0.5) is 16.2 Å². The van der Waals surface area contributed by atoms with E-state index in [0.29, 0.717) is 11.4 Å². The lowest BCUT2D eigenvalue weighted by atomic mass is 10.3. The van der Waals surface area contributed by atoms with Crippen LogP contribution in [0.15, 0.2) is 41.6 Å². The van der Waals surface area contributed by atoms with Gasteiger partial charge in [-0.15, -0.1) is 0 Å². The summed E-state index contributed by atoms with van der Waals surface area (Å²) >= 11 is 0. The van der Waals surface area contributed by atoms with E-state index in [1.165, 1.54) is 44.6 Å². The normalized spacial score (nSPS) is 11.5. The number of hydrogen-bond donors (Lipinski definition) is 2. The quantitative estimate of drug-likeness (QED) is 0.798. The van der Waals surface area contributed by atoms with E-state index in [1.807, 2.05) is 0 Å². The molecule has 0 aliphatic rings. The molecule has 0 bridgehead atoms. The summed E-state index contributed by atoms with van der Waals surface area (Å²) < 4.78 is 26.4. The molecule has 0 fully saturated rings. The molecule has 10 heteroatoms. The highest BCUT2D eigenvalue weighted by atomic mass is 32.2. The Morgan fingerprint density at radius 1 is 1.22 bits per heavy atom. The summed E-state index contributed by atoms with van der Waals surface area (Å²) in [5, 5.41) is 9.13. The number of aryl methyl sites for hydroxylation is 1. The van der Waals surface area contributed by atoms with Gasteiger partial charge in [-0.3, -0.25) is 9.52 Å². The first-order valence-corrected chi connectivity index (χ1v) is 7.96. The van der Waals surface area contributed by atoms with Gasteiger partial charge in [-0.2, -0.15) is 5.10 Å². The topological polar surface area (TPSA) is 106 Å². The molecular formula is C13H17N5O4S. The van der Waals surface area contributed by atoms with Crippen molar-refractivity contribution in [1.82, 2.24) is 14.2 Å². The Morgan fingerprint density at radius 2 is 1.83 bits per heavy atom. The van der Waals surface area contributed by atoms with Gasteiger partial charge in [-0.25, -0.2) is 13.2 Å². The first-order valence-electron chi connectivity index (χ1n) is 6.52. The van der Waals surface area contributed by atoms with Crippen LogP contribution in [0, 0.1) is 0 Å². The van der Waals surface area contributed by atoms with E-state index in [4.69, 9.17) is 4.84 Å². The second kappa shape index (κ2) is 6.77. The molecular weight excluding hydrogens is 322 g/mol. The molecule has 0 radical (unpaired) electrons. The van der Waals surface area contributed by atoms with Crippen LogP contribution in [0.25, 0.3) is 0 Å². The number of rotatable bonds is 5. The fourth-order valence-corrected chi connectivity index (χ4v) is 2.71. The minimum atomic E-state index is -3.71. The van der Waals surface area contributed by atoms with Crippen LogP contribution in [0.3, 0.4) is 0 Å². The number of nitrogens with zero attached hydrogens (tertiary/aromatic N) is 3. The predicted molar refractivity (Wildman–Crippen MR) is 84.2 cm³/mol. The van der Waals surface area contributed by atoms with Crippen LogP contribution in [-0.2, 0) is 21.9 Å². The zero-order valence-electron chi connectivity index (χ0n) is 12.8. The van der Waals surface area contributed by atoms with Gasteiger partial charge < -0.3 is 10.6 Å². The van der Waals surface area contributed by atoms with Crippen molar-refractivity contribution in [3.05, 3.63) is 36.7 Å². The summed E-state index contributed by atoms with van der Waals surface area (Å²) in [4.78, 5) is 16.6. The molecule has 23 heavy (non-hydrogen) atoms. The number of sulfonamides is 1. The summed E-state index contributed by atoms with van der Waals surface area (Å²) in [7, 11) is 0.582. The summed E-state index contributed by atoms with van der Waals surface area (Å²) in [6.07, 6.45) is 3.16. The van der Waals surface area contributed by atoms with Gasteiger partial charge in [-0.05, 0) is 24.3 Å². The zero-order valence-corrected chi connectivity index (χ0v) is 13.7. The molecule has 2 amide bonds. The molecule has 2 rings (SSSR count). The lowest BCUT2D eigenvalue weighted by Gasteiger charge is -2.14. The highest BCUT2D eigenvalue weighted by Crippen LogP contribution is 2.17. The van der Waals surface area contributed by atoms with Gasteiger partial charge in [0.15, 0.2) is 0 Å². The summed E-state index contributed by atoms with van der Waals surface area (Å²) in [5.74, 6) is 0. The second-order valence-electron chi connectivity index (χ2n) is 4.60. The van der Waals surface area contributed by atoms with Gasteiger partial charge in [-0.1, -0.05) is 4.47 Å². The lowest BCUT2D eigenvalue weighted by Crippen LogP contribution is -2.25. The molecule has 2 N–H and O–H groups in total. The Hall–Kier alpha value is -2.43. The van der Waals surface area contributed by atoms with Gasteiger partial charge in [0, 0.05) is 26.0 Å². The Bertz CT molecular complexity index is 785. The number of anilines is 2. The Kier molecular flexibility index (Phi) is 4.98. The average molecular weight is 339 g/mol. The van der Waals surface area contributed by atoms with Crippen LogP contribution in [0.2, 0.25) is 0 Å². The SMILES string of the molecule is CON(C)S(=O)(=O)c1ccc(NC(=O)Nc2cnn(C)c2)cc1. The number of benzene rings is 1. The first-order chi connectivity index (χ1) is 10.8. The van der Waals surface area contributed by atoms with Crippen molar-refractivity contribution in [3.8, 4) is 0 Å². The fourth-order valence-electron chi connectivity index (χ4n) is 1.74. The third-order valence-corrected chi connectivity index (χ3v) is 4.66. The minimum Gasteiger partial charge on any atom is -0.308 e. The molecule has 1 aromatic heterocycles. The number of hydrogen-bond acceptors (Lipinski definition) is 5. The van der Waals surface area contributed by atoms with Gasteiger partial charge >= 0.3 is 6.03 Å². The standard InChI is InChI=1S/C13H17N5O4S/c1-17-9-11(8-14-17)16-13(19)15-10-4-6-12(7-5-10)23(20,21)18(2)22-3/h4-9H,1-3H3,(H2,15,16,19). The maximum atomic E-state index is 12.0. The van der Waals surface area contributed by atoms with Crippen LogP contribution in [0.5, 0.6) is 0 Å². The maximum Gasteiger partial charge on any atom is 0.323 e. The van der Waals surface area contributed by atoms with Gasteiger partial charge in [0.05, 0.1) is 23.9 Å². The second-order valence-corrected chi connectivity index (χ2v) is 6.54. The Balaban J connectivity index is 2.04. The van der Waals surface area contributed by atoms with Crippen molar-refractivity contribution in [2.24, 2.45) is 7.05 Å². The van der Waals surface area contributed by atoms with E-state index in [-0.39, 0.29) is 4.90 Å². The number of hydroxylamine groups is 1. The number of carbonyl (C=O) groups excluding carboxylic acids is 1. The molecule has 0 atom stereocenters. The minimum absolute atomic E-state index is 0.0556. The molecule has 0 saturated carbocycles. The van der Waals surface area contributed by atoms with Crippen LogP contribution >= 0.6 is 0 Å². The Morgan fingerprint density at radius 3 is 2.35 bits per heavy atom. The van der Waals surface area contributed by atoms with E-state index in [9.17, 15) is 13.2 Å². The van der Waals surface area contributed by atoms with E-state index in [2.05, 4.69) is 15.7 Å². The van der Waals surface area contributed by atoms with Crippen molar-refractivity contribution in [2.75, 3.05) is 24.8 Å². The molecule has 0 unspecified atom stereocenters. The monoisotopic (exact) mass is 339 g/mol. The zero-order chi connectivity index (χ0) is 17.0. The van der Waals surface area contributed by atoms with Crippen molar-refractivity contribution >= 4 is 27.4 Å². The number of carbonyl (C=O) groups is 1. The van der Waals surface area contributed by atoms with Gasteiger partial charge in [0.1, 0.15) is 0 Å². The average Bonchev–Trinajstić information content (AvgIpc) is 2.91. The molecule has 124 valence electrons. The highest BCUT2D eigenvalue weighted by Gasteiger charge is 2.20. The van der Waals surface area contributed by atoms with Crippen molar-refractivity contribution in [1.29, 1.82) is 0 Å². The molecule has 2 aromatic rings. The van der Waals surface area contributed by atoms with Crippen molar-refractivity contribution in [3.63, 3.8) is 0 Å².